The number of anilines is 1. The third-order valence-electron chi connectivity index (χ3n) is 3.55. The average molecular weight is 318 g/mol. The van der Waals surface area contributed by atoms with Crippen molar-refractivity contribution < 1.29 is 19.2 Å². The van der Waals surface area contributed by atoms with Crippen LogP contribution in [0.2, 0.25) is 0 Å². The van der Waals surface area contributed by atoms with Gasteiger partial charge in [0.1, 0.15) is 6.04 Å². The van der Waals surface area contributed by atoms with Crippen LogP contribution in [0.25, 0.3) is 11.4 Å². The van der Waals surface area contributed by atoms with Gasteiger partial charge in [-0.2, -0.15) is 4.98 Å². The molecule has 1 amide bonds. The molecule has 0 saturated carbocycles. The normalized spacial score (nSPS) is 13.3. The molecule has 0 spiro atoms. The summed E-state index contributed by atoms with van der Waals surface area (Å²) in [6.45, 7) is 3.59. The van der Waals surface area contributed by atoms with E-state index < -0.39 is 17.9 Å². The van der Waals surface area contributed by atoms with Crippen LogP contribution in [0.1, 0.15) is 31.0 Å². The van der Waals surface area contributed by atoms with Crippen LogP contribution < -0.4 is 11.1 Å². The molecule has 0 aliphatic carbocycles. The van der Waals surface area contributed by atoms with Crippen molar-refractivity contribution >= 4 is 17.6 Å². The highest BCUT2D eigenvalue weighted by atomic mass is 16.5. The summed E-state index contributed by atoms with van der Waals surface area (Å²) in [4.78, 5) is 27.3. The molecule has 2 rings (SSSR count). The molecule has 23 heavy (non-hydrogen) atoms. The Morgan fingerprint density at radius 1 is 1.35 bits per heavy atom. The Kier molecular flexibility index (Phi) is 4.95. The van der Waals surface area contributed by atoms with Gasteiger partial charge in [-0.15, -0.1) is 0 Å². The van der Waals surface area contributed by atoms with Gasteiger partial charge in [-0.05, 0) is 30.2 Å². The number of benzene rings is 1. The van der Waals surface area contributed by atoms with Crippen molar-refractivity contribution in [1.82, 2.24) is 15.5 Å². The van der Waals surface area contributed by atoms with Crippen LogP contribution in [-0.2, 0) is 4.79 Å². The van der Waals surface area contributed by atoms with E-state index >= 15 is 0 Å². The number of rotatable bonds is 6. The third kappa shape index (κ3) is 3.85. The number of hydrogen-bond donors (Lipinski definition) is 3. The molecule has 0 bridgehead atoms. The Hall–Kier alpha value is -2.90. The lowest BCUT2D eigenvalue weighted by molar-refractivity contribution is -0.140. The topological polar surface area (TPSA) is 131 Å². The summed E-state index contributed by atoms with van der Waals surface area (Å²) < 4.78 is 4.91. The van der Waals surface area contributed by atoms with Gasteiger partial charge in [0.05, 0.1) is 0 Å². The summed E-state index contributed by atoms with van der Waals surface area (Å²) in [6, 6.07) is 5.73. The molecule has 0 aliphatic rings. The fourth-order valence-electron chi connectivity index (χ4n) is 1.95. The second-order valence-corrected chi connectivity index (χ2v) is 5.22. The molecule has 8 heteroatoms. The predicted molar refractivity (Wildman–Crippen MR) is 82.5 cm³/mol. The van der Waals surface area contributed by atoms with Crippen LogP contribution in [0.5, 0.6) is 0 Å². The van der Waals surface area contributed by atoms with Gasteiger partial charge < -0.3 is 20.7 Å². The Balaban J connectivity index is 2.14. The zero-order valence-corrected chi connectivity index (χ0v) is 12.8. The molecular formula is C15H18N4O4. The average Bonchev–Trinajstić information content (AvgIpc) is 3.02. The first-order valence-electron chi connectivity index (χ1n) is 7.15. The molecule has 8 nitrogen and oxygen atoms in total. The van der Waals surface area contributed by atoms with Crippen molar-refractivity contribution in [3.8, 4) is 11.4 Å². The molecule has 122 valence electrons. The smallest absolute Gasteiger partial charge is 0.326 e. The Bertz CT molecular complexity index is 696. The molecule has 0 radical (unpaired) electrons. The number of aliphatic carboxylic acids is 1. The number of aromatic nitrogens is 2. The molecule has 2 aromatic rings. The second-order valence-electron chi connectivity index (χ2n) is 5.22. The quantitative estimate of drug-likeness (QED) is 0.688. The second kappa shape index (κ2) is 6.91. The maximum Gasteiger partial charge on any atom is 0.326 e. The van der Waals surface area contributed by atoms with Crippen LogP contribution >= 0.6 is 0 Å². The van der Waals surface area contributed by atoms with Crippen LogP contribution in [0.15, 0.2) is 28.8 Å². The van der Waals surface area contributed by atoms with Gasteiger partial charge in [-0.1, -0.05) is 25.4 Å². The van der Waals surface area contributed by atoms with E-state index in [0.717, 1.165) is 0 Å². The van der Waals surface area contributed by atoms with E-state index in [9.17, 15) is 14.7 Å². The van der Waals surface area contributed by atoms with E-state index in [4.69, 9.17) is 10.3 Å². The van der Waals surface area contributed by atoms with Gasteiger partial charge in [0, 0.05) is 11.3 Å². The summed E-state index contributed by atoms with van der Waals surface area (Å²) in [5, 5.41) is 15.3. The van der Waals surface area contributed by atoms with Gasteiger partial charge in [0.25, 0.3) is 0 Å². The number of carboxylic acids is 1. The fourth-order valence-corrected chi connectivity index (χ4v) is 1.95. The molecule has 4 N–H and O–H groups in total. The minimum Gasteiger partial charge on any atom is -0.480 e. The van der Waals surface area contributed by atoms with Crippen LogP contribution in [0.3, 0.4) is 0 Å². The third-order valence-corrected chi connectivity index (χ3v) is 3.55. The number of carboxylic acid groups (broad SMARTS) is 1. The number of amides is 1. The van der Waals surface area contributed by atoms with Crippen molar-refractivity contribution in [1.29, 1.82) is 0 Å². The van der Waals surface area contributed by atoms with Crippen LogP contribution in [0.4, 0.5) is 5.69 Å². The van der Waals surface area contributed by atoms with Gasteiger partial charge >= 0.3 is 17.8 Å². The lowest BCUT2D eigenvalue weighted by Gasteiger charge is -2.18. The van der Waals surface area contributed by atoms with Gasteiger partial charge in [-0.3, -0.25) is 4.79 Å². The number of nitrogens with zero attached hydrogens (tertiary/aromatic N) is 2. The number of hydrogen-bond acceptors (Lipinski definition) is 6. The zero-order chi connectivity index (χ0) is 17.0. The first-order valence-corrected chi connectivity index (χ1v) is 7.15. The zero-order valence-electron chi connectivity index (χ0n) is 12.8. The number of nitrogens with one attached hydrogen (secondary N) is 1. The van der Waals surface area contributed by atoms with E-state index in [1.165, 1.54) is 0 Å². The minimum absolute atomic E-state index is 0.226. The van der Waals surface area contributed by atoms with E-state index in [-0.39, 0.29) is 17.6 Å². The Morgan fingerprint density at radius 3 is 2.57 bits per heavy atom. The molecule has 1 aromatic heterocycles. The number of carbonyl (C=O) groups excluding carboxylic acids is 1. The molecule has 1 heterocycles. The highest BCUT2D eigenvalue weighted by Gasteiger charge is 2.28. The highest BCUT2D eigenvalue weighted by Crippen LogP contribution is 2.17. The predicted octanol–water partition coefficient (Wildman–Crippen LogP) is 1.55. The summed E-state index contributed by atoms with van der Waals surface area (Å²) >= 11 is 0. The van der Waals surface area contributed by atoms with Crippen LogP contribution in [0, 0.1) is 5.92 Å². The lowest BCUT2D eigenvalue weighted by atomic mass is 9.99. The number of nitrogen functional groups attached to an aromatic ring is 1. The summed E-state index contributed by atoms with van der Waals surface area (Å²) in [6.07, 6.45) is 0.609. The maximum absolute atomic E-state index is 12.1. The molecule has 0 saturated heterocycles. The summed E-state index contributed by atoms with van der Waals surface area (Å²) in [5.74, 6) is -2.11. The summed E-state index contributed by atoms with van der Waals surface area (Å²) in [5.41, 5.74) is 6.83. The molecule has 0 fully saturated rings. The van der Waals surface area contributed by atoms with E-state index in [0.29, 0.717) is 17.7 Å². The monoisotopic (exact) mass is 318 g/mol. The number of nitrogens with two attached hydrogens (primary N) is 1. The van der Waals surface area contributed by atoms with E-state index in [2.05, 4.69) is 15.5 Å². The maximum atomic E-state index is 12.1. The first-order chi connectivity index (χ1) is 10.9. The Labute approximate surface area is 132 Å². The molecule has 0 aliphatic heterocycles. The van der Waals surface area contributed by atoms with E-state index in [1.807, 2.05) is 6.92 Å². The fraction of sp³-hybridized carbons (Fsp3) is 0.333. The molecular weight excluding hydrogens is 300 g/mol. The van der Waals surface area contributed by atoms with Crippen molar-refractivity contribution in [2.75, 3.05) is 5.73 Å². The van der Waals surface area contributed by atoms with Crippen molar-refractivity contribution in [2.24, 2.45) is 5.92 Å². The van der Waals surface area contributed by atoms with Gasteiger partial charge in [-0.25, -0.2) is 4.79 Å². The van der Waals surface area contributed by atoms with Crippen molar-refractivity contribution in [2.45, 2.75) is 26.3 Å². The minimum atomic E-state index is -1.11. The Morgan fingerprint density at radius 2 is 2.00 bits per heavy atom. The first kappa shape index (κ1) is 16.5. The standard InChI is InChI=1S/C15H18N4O4/c1-3-8(2)11(15(21)22)17-13(20)14-18-12(19-23-14)9-4-6-10(16)7-5-9/h4-8,11H,3,16H2,1-2H3,(H,17,20)(H,21,22). The molecule has 2 atom stereocenters. The number of carbonyl (C=O) groups is 2. The highest BCUT2D eigenvalue weighted by molar-refractivity contribution is 5.93. The summed E-state index contributed by atoms with van der Waals surface area (Å²) in [7, 11) is 0. The van der Waals surface area contributed by atoms with Crippen molar-refractivity contribution in [3.63, 3.8) is 0 Å². The van der Waals surface area contributed by atoms with Gasteiger partial charge in [0.15, 0.2) is 0 Å². The van der Waals surface area contributed by atoms with E-state index in [1.54, 1.807) is 31.2 Å². The molecule has 1 aromatic carbocycles. The SMILES string of the molecule is CCC(C)C(NC(=O)c1nc(-c2ccc(N)cc2)no1)C(=O)O. The largest absolute Gasteiger partial charge is 0.480 e. The van der Waals surface area contributed by atoms with Gasteiger partial charge in [0.2, 0.25) is 5.82 Å². The lowest BCUT2D eigenvalue weighted by Crippen LogP contribution is -2.45. The van der Waals surface area contributed by atoms with Crippen molar-refractivity contribution in [3.05, 3.63) is 30.2 Å². The molecule has 2 unspecified atom stereocenters. The van der Waals surface area contributed by atoms with Crippen LogP contribution in [-0.4, -0.2) is 33.2 Å².